The number of alkyl halides is 5. The first-order chi connectivity index (χ1) is 9.84. The zero-order valence-electron chi connectivity index (χ0n) is 12.0. The van der Waals surface area contributed by atoms with Crippen molar-refractivity contribution in [1.82, 2.24) is 9.80 Å². The molecule has 0 N–H and O–H groups in total. The van der Waals surface area contributed by atoms with Gasteiger partial charge in [-0.2, -0.15) is 22.0 Å². The van der Waals surface area contributed by atoms with Crippen LogP contribution in [0.5, 0.6) is 0 Å². The molecule has 6 nitrogen and oxygen atoms in total. The Bertz CT molecular complexity index is 439. The fraction of sp³-hybridized carbons (Fsp3) is 0.727. The molecule has 0 atom stereocenters. The molecule has 0 rings (SSSR count). The summed E-state index contributed by atoms with van der Waals surface area (Å²) in [6.45, 7) is 0.00716. The number of amides is 2. The molecule has 0 radical (unpaired) electrons. The van der Waals surface area contributed by atoms with E-state index in [0.717, 1.165) is 11.9 Å². The van der Waals surface area contributed by atoms with E-state index in [1.54, 1.807) is 0 Å². The first-order valence-corrected chi connectivity index (χ1v) is 5.94. The third-order valence-electron chi connectivity index (χ3n) is 2.44. The summed E-state index contributed by atoms with van der Waals surface area (Å²) in [5.41, 5.74) is 0. The molecule has 0 aliphatic heterocycles. The highest BCUT2D eigenvalue weighted by Crippen LogP contribution is 2.36. The highest BCUT2D eigenvalue weighted by atomic mass is 19.4. The molecule has 0 aromatic rings. The zero-order valence-corrected chi connectivity index (χ0v) is 12.0. The topological polar surface area (TPSA) is 66.9 Å². The number of nitrogens with zero attached hydrogens (tertiary/aromatic N) is 2. The van der Waals surface area contributed by atoms with Crippen LogP contribution in [0.25, 0.3) is 0 Å². The second-order valence-corrected chi connectivity index (χ2v) is 4.29. The summed E-state index contributed by atoms with van der Waals surface area (Å²) in [6, 6.07) is 0. The molecular weight excluding hydrogens is 319 g/mol. The molecule has 0 aliphatic carbocycles. The summed E-state index contributed by atoms with van der Waals surface area (Å²) >= 11 is 0. The molecule has 0 fully saturated rings. The lowest BCUT2D eigenvalue weighted by Crippen LogP contribution is -2.53. The molecule has 0 spiro atoms. The Balaban J connectivity index is 4.72. The Morgan fingerprint density at radius 3 is 1.86 bits per heavy atom. The van der Waals surface area contributed by atoms with E-state index in [1.807, 2.05) is 0 Å². The summed E-state index contributed by atoms with van der Waals surface area (Å²) in [4.78, 5) is 34.4. The number of hydrogen-bond donors (Lipinski definition) is 0. The molecule has 0 heterocycles. The highest BCUT2D eigenvalue weighted by molar-refractivity contribution is 5.89. The van der Waals surface area contributed by atoms with Gasteiger partial charge in [0.05, 0.1) is 13.2 Å². The van der Waals surface area contributed by atoms with Crippen molar-refractivity contribution in [1.29, 1.82) is 0 Å². The average molecular weight is 334 g/mol. The minimum absolute atomic E-state index is 0.0526. The van der Waals surface area contributed by atoms with E-state index in [0.29, 0.717) is 7.05 Å². The fourth-order valence-electron chi connectivity index (χ4n) is 1.24. The first kappa shape index (κ1) is 20.1. The summed E-state index contributed by atoms with van der Waals surface area (Å²) in [6.07, 6.45) is -6.06. The summed E-state index contributed by atoms with van der Waals surface area (Å²) in [5.74, 6) is -9.94. The van der Waals surface area contributed by atoms with Gasteiger partial charge in [0.2, 0.25) is 5.91 Å². The van der Waals surface area contributed by atoms with Crippen LogP contribution in [0.3, 0.4) is 0 Å². The van der Waals surface area contributed by atoms with Gasteiger partial charge in [0.25, 0.3) is 0 Å². The number of rotatable bonds is 6. The van der Waals surface area contributed by atoms with E-state index in [2.05, 4.69) is 4.74 Å². The lowest BCUT2D eigenvalue weighted by Gasteiger charge is -2.26. The largest absolute Gasteiger partial charge is 0.465 e. The smallest absolute Gasteiger partial charge is 0.463 e. The zero-order chi connectivity index (χ0) is 17.7. The Hall–Kier alpha value is -1.94. The molecule has 0 bridgehead atoms. The average Bonchev–Trinajstić information content (AvgIpc) is 2.36. The Morgan fingerprint density at radius 2 is 1.45 bits per heavy atom. The monoisotopic (exact) mass is 334 g/mol. The minimum Gasteiger partial charge on any atom is -0.465 e. The van der Waals surface area contributed by atoms with Gasteiger partial charge in [-0.1, -0.05) is 0 Å². The molecule has 128 valence electrons. The molecule has 2 amide bonds. The molecule has 0 aromatic carbocycles. The summed E-state index contributed by atoms with van der Waals surface area (Å²) in [5, 5.41) is 0. The van der Waals surface area contributed by atoms with Gasteiger partial charge in [-0.25, -0.2) is 0 Å². The van der Waals surface area contributed by atoms with Crippen molar-refractivity contribution in [3.63, 3.8) is 0 Å². The van der Waals surface area contributed by atoms with Crippen molar-refractivity contribution < 1.29 is 41.1 Å². The van der Waals surface area contributed by atoms with Crippen LogP contribution in [0, 0.1) is 0 Å². The van der Waals surface area contributed by atoms with E-state index in [9.17, 15) is 36.3 Å². The number of ether oxygens (including phenoxy) is 1. The standard InChI is InChI=1S/C11H15F5N2O4/c1-4-22-8(20)6-17(2)7(19)5-18(3)9(21)10(12,13)11(14,15)16/h4-6H2,1-3H3. The Kier molecular flexibility index (Phi) is 6.71. The quantitative estimate of drug-likeness (QED) is 0.529. The normalized spacial score (nSPS) is 11.8. The van der Waals surface area contributed by atoms with Crippen LogP contribution in [0.15, 0.2) is 0 Å². The predicted molar refractivity (Wildman–Crippen MR) is 62.9 cm³/mol. The van der Waals surface area contributed by atoms with Crippen molar-refractivity contribution in [3.8, 4) is 0 Å². The van der Waals surface area contributed by atoms with Gasteiger partial charge in [-0.15, -0.1) is 0 Å². The lowest BCUT2D eigenvalue weighted by molar-refractivity contribution is -0.273. The van der Waals surface area contributed by atoms with Gasteiger partial charge < -0.3 is 14.5 Å². The SMILES string of the molecule is CCOC(=O)CN(C)C(=O)CN(C)C(=O)C(F)(F)C(F)(F)F. The van der Waals surface area contributed by atoms with E-state index >= 15 is 0 Å². The first-order valence-electron chi connectivity index (χ1n) is 5.94. The van der Waals surface area contributed by atoms with Gasteiger partial charge in [-0.3, -0.25) is 14.4 Å². The van der Waals surface area contributed by atoms with Gasteiger partial charge in [0, 0.05) is 14.1 Å². The molecule has 0 aliphatic rings. The molecule has 11 heteroatoms. The summed E-state index contributed by atoms with van der Waals surface area (Å²) < 4.78 is 66.3. The van der Waals surface area contributed by atoms with Gasteiger partial charge in [-0.05, 0) is 6.92 Å². The minimum atomic E-state index is -6.06. The van der Waals surface area contributed by atoms with Gasteiger partial charge >= 0.3 is 24.0 Å². The van der Waals surface area contributed by atoms with Gasteiger partial charge in [0.1, 0.15) is 6.54 Å². The van der Waals surface area contributed by atoms with Crippen LogP contribution < -0.4 is 0 Å². The third-order valence-corrected chi connectivity index (χ3v) is 2.44. The number of esters is 1. The van der Waals surface area contributed by atoms with E-state index < -0.39 is 43.0 Å². The van der Waals surface area contributed by atoms with Crippen LogP contribution in [0.2, 0.25) is 0 Å². The van der Waals surface area contributed by atoms with E-state index in [-0.39, 0.29) is 11.5 Å². The number of hydrogen-bond acceptors (Lipinski definition) is 4. The lowest BCUT2D eigenvalue weighted by atomic mass is 10.3. The van der Waals surface area contributed by atoms with E-state index in [4.69, 9.17) is 0 Å². The van der Waals surface area contributed by atoms with Crippen LogP contribution in [0.1, 0.15) is 6.92 Å². The number of likely N-dealkylation sites (N-methyl/N-ethyl adjacent to an activating group) is 2. The Labute approximate surface area is 122 Å². The van der Waals surface area contributed by atoms with E-state index in [1.165, 1.54) is 6.92 Å². The second kappa shape index (κ2) is 7.36. The molecule has 0 unspecified atom stereocenters. The highest BCUT2D eigenvalue weighted by Gasteiger charge is 2.64. The Morgan fingerprint density at radius 1 is 0.955 bits per heavy atom. The van der Waals surface area contributed by atoms with Gasteiger partial charge in [0.15, 0.2) is 0 Å². The van der Waals surface area contributed by atoms with Crippen LogP contribution in [-0.2, 0) is 19.1 Å². The molecular formula is C11H15F5N2O4. The van der Waals surface area contributed by atoms with Crippen molar-refractivity contribution in [3.05, 3.63) is 0 Å². The fourth-order valence-corrected chi connectivity index (χ4v) is 1.24. The molecule has 0 saturated carbocycles. The maximum atomic E-state index is 12.8. The van der Waals surface area contributed by atoms with Crippen LogP contribution >= 0.6 is 0 Å². The van der Waals surface area contributed by atoms with Crippen molar-refractivity contribution in [2.45, 2.75) is 19.0 Å². The van der Waals surface area contributed by atoms with Crippen molar-refractivity contribution in [2.24, 2.45) is 0 Å². The molecule has 0 aromatic heterocycles. The third kappa shape index (κ3) is 5.11. The number of carbonyl (C=O) groups is 3. The molecule has 0 saturated heterocycles. The van der Waals surface area contributed by atoms with Crippen LogP contribution in [-0.4, -0.2) is 73.5 Å². The van der Waals surface area contributed by atoms with Crippen molar-refractivity contribution in [2.75, 3.05) is 33.8 Å². The second-order valence-electron chi connectivity index (χ2n) is 4.29. The maximum Gasteiger partial charge on any atom is 0.463 e. The number of halogens is 5. The maximum absolute atomic E-state index is 12.8. The van der Waals surface area contributed by atoms with Crippen LogP contribution in [0.4, 0.5) is 22.0 Å². The predicted octanol–water partition coefficient (Wildman–Crippen LogP) is 0.664. The van der Waals surface area contributed by atoms with Crippen molar-refractivity contribution >= 4 is 17.8 Å². The summed E-state index contributed by atoms with van der Waals surface area (Å²) in [7, 11) is 1.73. The molecule has 22 heavy (non-hydrogen) atoms. The number of carbonyl (C=O) groups excluding carboxylic acids is 3.